The second-order valence-electron chi connectivity index (χ2n) is 2.51. The molecule has 4 nitrogen and oxygen atoms in total. The Labute approximate surface area is 87.1 Å². The van der Waals surface area contributed by atoms with E-state index in [1.165, 1.54) is 12.3 Å². The zero-order valence-electron chi connectivity index (χ0n) is 7.69. The Morgan fingerprint density at radius 1 is 1.71 bits per heavy atom. The number of ether oxygens (including phenoxy) is 1. The molecule has 0 aliphatic rings. The molecule has 0 amide bonds. The monoisotopic (exact) mass is 210 g/mol. The Bertz CT molecular complexity index is 366. The van der Waals surface area contributed by atoms with Crippen LogP contribution >= 0.6 is 12.2 Å². The van der Waals surface area contributed by atoms with Crippen molar-refractivity contribution in [2.75, 3.05) is 6.61 Å². The minimum Gasteiger partial charge on any atom is -0.461 e. The van der Waals surface area contributed by atoms with E-state index in [1.54, 1.807) is 13.0 Å². The van der Waals surface area contributed by atoms with Crippen molar-refractivity contribution in [3.8, 4) is 0 Å². The first-order valence-corrected chi connectivity index (χ1v) is 4.49. The number of carbonyl (C=O) groups is 1. The largest absolute Gasteiger partial charge is 0.461 e. The molecule has 2 N–H and O–H groups in total. The van der Waals surface area contributed by atoms with Crippen LogP contribution in [0.15, 0.2) is 18.3 Å². The molecule has 0 radical (unpaired) electrons. The van der Waals surface area contributed by atoms with E-state index in [2.05, 4.69) is 4.98 Å². The average molecular weight is 210 g/mol. The van der Waals surface area contributed by atoms with Crippen LogP contribution in [0, 0.1) is 0 Å². The lowest BCUT2D eigenvalue weighted by atomic mass is 10.2. The number of nitrogens with two attached hydrogens (primary N) is 1. The molecule has 0 aromatic carbocycles. The Balaban J connectivity index is 2.93. The quantitative estimate of drug-likeness (QED) is 0.593. The molecule has 5 heteroatoms. The molecule has 14 heavy (non-hydrogen) atoms. The van der Waals surface area contributed by atoms with Crippen LogP contribution in [0.1, 0.15) is 23.0 Å². The van der Waals surface area contributed by atoms with Crippen molar-refractivity contribution in [1.29, 1.82) is 0 Å². The Morgan fingerprint density at radius 2 is 2.43 bits per heavy atom. The fourth-order valence-electron chi connectivity index (χ4n) is 0.900. The van der Waals surface area contributed by atoms with Crippen molar-refractivity contribution in [3.63, 3.8) is 0 Å². The summed E-state index contributed by atoms with van der Waals surface area (Å²) in [6.45, 7) is 2.05. The standard InChI is InChI=1S/C9H10N2O2S/c1-2-13-9(12)7-5-6(8(10)14)3-4-11-7/h3-5H,2H2,1H3,(H2,10,14). The second-order valence-corrected chi connectivity index (χ2v) is 2.95. The zero-order chi connectivity index (χ0) is 10.6. The number of carbonyl (C=O) groups excluding carboxylic acids is 1. The van der Waals surface area contributed by atoms with E-state index in [9.17, 15) is 4.79 Å². The lowest BCUT2D eigenvalue weighted by Gasteiger charge is -2.02. The topological polar surface area (TPSA) is 65.2 Å². The number of hydrogen-bond donors (Lipinski definition) is 1. The van der Waals surface area contributed by atoms with E-state index in [1.807, 2.05) is 0 Å². The maximum absolute atomic E-state index is 11.3. The smallest absolute Gasteiger partial charge is 0.356 e. The normalized spacial score (nSPS) is 9.50. The summed E-state index contributed by atoms with van der Waals surface area (Å²) in [4.78, 5) is 15.3. The molecular weight excluding hydrogens is 200 g/mol. The first-order valence-electron chi connectivity index (χ1n) is 4.08. The number of nitrogens with zero attached hydrogens (tertiary/aromatic N) is 1. The van der Waals surface area contributed by atoms with Gasteiger partial charge in [-0.15, -0.1) is 0 Å². The van der Waals surface area contributed by atoms with Crippen LogP contribution < -0.4 is 5.73 Å². The summed E-state index contributed by atoms with van der Waals surface area (Å²) in [6.07, 6.45) is 1.47. The summed E-state index contributed by atoms with van der Waals surface area (Å²) in [5, 5.41) is 0. The molecule has 0 fully saturated rings. The van der Waals surface area contributed by atoms with E-state index < -0.39 is 5.97 Å². The number of thiocarbonyl (C=S) groups is 1. The summed E-state index contributed by atoms with van der Waals surface area (Å²) in [7, 11) is 0. The van der Waals surface area contributed by atoms with Crippen molar-refractivity contribution < 1.29 is 9.53 Å². The van der Waals surface area contributed by atoms with Gasteiger partial charge in [-0.2, -0.15) is 0 Å². The minimum absolute atomic E-state index is 0.220. The average Bonchev–Trinajstić information content (AvgIpc) is 2.18. The number of hydrogen-bond acceptors (Lipinski definition) is 4. The molecule has 0 saturated carbocycles. The second kappa shape index (κ2) is 4.66. The van der Waals surface area contributed by atoms with Crippen LogP contribution in [-0.4, -0.2) is 22.5 Å². The highest BCUT2D eigenvalue weighted by Gasteiger charge is 2.08. The van der Waals surface area contributed by atoms with E-state index >= 15 is 0 Å². The van der Waals surface area contributed by atoms with Gasteiger partial charge in [-0.1, -0.05) is 12.2 Å². The summed E-state index contributed by atoms with van der Waals surface area (Å²) in [5.74, 6) is -0.467. The third-order valence-electron chi connectivity index (χ3n) is 1.53. The molecule has 0 saturated heterocycles. The fraction of sp³-hybridized carbons (Fsp3) is 0.222. The molecule has 74 valence electrons. The van der Waals surface area contributed by atoms with Crippen molar-refractivity contribution in [2.45, 2.75) is 6.92 Å². The van der Waals surface area contributed by atoms with E-state index in [0.29, 0.717) is 12.2 Å². The first kappa shape index (κ1) is 10.6. The zero-order valence-corrected chi connectivity index (χ0v) is 8.50. The molecule has 0 unspecified atom stereocenters. The number of rotatable bonds is 3. The molecule has 1 aromatic heterocycles. The SMILES string of the molecule is CCOC(=O)c1cc(C(N)=S)ccn1. The van der Waals surface area contributed by atoms with Crippen LogP contribution in [0.4, 0.5) is 0 Å². The van der Waals surface area contributed by atoms with Crippen LogP contribution in [0.3, 0.4) is 0 Å². The summed E-state index contributed by atoms with van der Waals surface area (Å²) >= 11 is 4.77. The van der Waals surface area contributed by atoms with E-state index in [4.69, 9.17) is 22.7 Å². The van der Waals surface area contributed by atoms with Gasteiger partial charge in [0.05, 0.1) is 6.61 Å². The third-order valence-corrected chi connectivity index (χ3v) is 1.76. The molecule has 0 aliphatic carbocycles. The lowest BCUT2D eigenvalue weighted by Crippen LogP contribution is -2.12. The third kappa shape index (κ3) is 2.50. The van der Waals surface area contributed by atoms with Gasteiger partial charge in [-0.05, 0) is 19.1 Å². The molecule has 0 aliphatic heterocycles. The van der Waals surface area contributed by atoms with Crippen LogP contribution in [-0.2, 0) is 4.74 Å². The van der Waals surface area contributed by atoms with Gasteiger partial charge in [0.15, 0.2) is 0 Å². The molecule has 1 heterocycles. The van der Waals surface area contributed by atoms with Crippen molar-refractivity contribution >= 4 is 23.2 Å². The summed E-state index contributed by atoms with van der Waals surface area (Å²) < 4.78 is 4.78. The maximum Gasteiger partial charge on any atom is 0.356 e. The fourth-order valence-corrected chi connectivity index (χ4v) is 1.03. The number of pyridine rings is 1. The predicted molar refractivity (Wildman–Crippen MR) is 56.1 cm³/mol. The molecular formula is C9H10N2O2S. The van der Waals surface area contributed by atoms with Crippen molar-refractivity contribution in [1.82, 2.24) is 4.98 Å². The number of esters is 1. The van der Waals surface area contributed by atoms with Gasteiger partial charge in [-0.3, -0.25) is 0 Å². The molecule has 1 aromatic rings. The van der Waals surface area contributed by atoms with Gasteiger partial charge in [0, 0.05) is 11.8 Å². The lowest BCUT2D eigenvalue weighted by molar-refractivity contribution is 0.0519. The van der Waals surface area contributed by atoms with E-state index in [0.717, 1.165) is 0 Å². The van der Waals surface area contributed by atoms with Crippen LogP contribution in [0.25, 0.3) is 0 Å². The summed E-state index contributed by atoms with van der Waals surface area (Å²) in [6, 6.07) is 3.16. The van der Waals surface area contributed by atoms with Gasteiger partial charge < -0.3 is 10.5 Å². The highest BCUT2D eigenvalue weighted by atomic mass is 32.1. The number of aromatic nitrogens is 1. The molecule has 1 rings (SSSR count). The van der Waals surface area contributed by atoms with Crippen LogP contribution in [0.5, 0.6) is 0 Å². The highest BCUT2D eigenvalue weighted by Crippen LogP contribution is 2.03. The van der Waals surface area contributed by atoms with Crippen molar-refractivity contribution in [3.05, 3.63) is 29.6 Å². The Kier molecular flexibility index (Phi) is 3.53. The molecule has 0 spiro atoms. The first-order chi connectivity index (χ1) is 6.65. The summed E-state index contributed by atoms with van der Waals surface area (Å²) in [5.41, 5.74) is 6.24. The van der Waals surface area contributed by atoms with Gasteiger partial charge in [0.1, 0.15) is 10.7 Å². The minimum atomic E-state index is -0.467. The van der Waals surface area contributed by atoms with Crippen LogP contribution in [0.2, 0.25) is 0 Å². The maximum atomic E-state index is 11.3. The van der Waals surface area contributed by atoms with Crippen molar-refractivity contribution in [2.24, 2.45) is 5.73 Å². The van der Waals surface area contributed by atoms with Gasteiger partial charge in [-0.25, -0.2) is 9.78 Å². The Morgan fingerprint density at radius 3 is 3.00 bits per heavy atom. The predicted octanol–water partition coefficient (Wildman–Crippen LogP) is 0.893. The molecule has 0 atom stereocenters. The molecule has 0 bridgehead atoms. The van der Waals surface area contributed by atoms with E-state index in [-0.39, 0.29) is 10.7 Å². The van der Waals surface area contributed by atoms with Gasteiger partial charge >= 0.3 is 5.97 Å². The van der Waals surface area contributed by atoms with Gasteiger partial charge in [0.25, 0.3) is 0 Å². The highest BCUT2D eigenvalue weighted by molar-refractivity contribution is 7.80. The van der Waals surface area contributed by atoms with Gasteiger partial charge in [0.2, 0.25) is 0 Å². The Hall–Kier alpha value is -1.49.